The molecule has 0 aromatic carbocycles. The predicted molar refractivity (Wildman–Crippen MR) is 50.9 cm³/mol. The summed E-state index contributed by atoms with van der Waals surface area (Å²) in [6, 6.07) is 1.58. The molecular weight excluding hydrogens is 182 g/mol. The molecule has 0 unspecified atom stereocenters. The van der Waals surface area contributed by atoms with E-state index in [4.69, 9.17) is 5.11 Å². The van der Waals surface area contributed by atoms with Crippen molar-refractivity contribution in [3.63, 3.8) is 0 Å². The Bertz CT molecular complexity index is 371. The first-order valence-corrected chi connectivity index (χ1v) is 4.01. The molecule has 4 nitrogen and oxygen atoms in total. The summed E-state index contributed by atoms with van der Waals surface area (Å²) in [6.07, 6.45) is 6.73. The van der Waals surface area contributed by atoms with E-state index in [9.17, 15) is 9.59 Å². The van der Waals surface area contributed by atoms with Crippen LogP contribution in [0.15, 0.2) is 24.5 Å². The number of carboxylic acid groups (broad SMARTS) is 1. The highest BCUT2D eigenvalue weighted by Crippen LogP contribution is 2.06. The minimum Gasteiger partial charge on any atom is -0.481 e. The molecular formula is C10H9NO3. The van der Waals surface area contributed by atoms with Gasteiger partial charge in [0, 0.05) is 23.5 Å². The molecule has 0 amide bonds. The first kappa shape index (κ1) is 10.1. The van der Waals surface area contributed by atoms with Crippen molar-refractivity contribution in [1.82, 2.24) is 4.98 Å². The number of aldehydes is 1. The fourth-order valence-corrected chi connectivity index (χ4v) is 0.951. The van der Waals surface area contributed by atoms with Gasteiger partial charge in [-0.3, -0.25) is 14.6 Å². The Morgan fingerprint density at radius 2 is 2.29 bits per heavy atom. The summed E-state index contributed by atoms with van der Waals surface area (Å²) in [4.78, 5) is 24.6. The number of carboxylic acids is 1. The van der Waals surface area contributed by atoms with Crippen LogP contribution >= 0.6 is 0 Å². The van der Waals surface area contributed by atoms with Gasteiger partial charge >= 0.3 is 5.97 Å². The Balaban J connectivity index is 2.80. The van der Waals surface area contributed by atoms with Gasteiger partial charge < -0.3 is 5.11 Å². The summed E-state index contributed by atoms with van der Waals surface area (Å²) < 4.78 is 0. The van der Waals surface area contributed by atoms with Crippen LogP contribution in [0.4, 0.5) is 0 Å². The highest BCUT2D eigenvalue weighted by Gasteiger charge is 1.96. The van der Waals surface area contributed by atoms with Crippen LogP contribution in [-0.4, -0.2) is 22.3 Å². The number of hydrogen-bond acceptors (Lipinski definition) is 3. The minimum atomic E-state index is -0.905. The van der Waals surface area contributed by atoms with Gasteiger partial charge in [0.15, 0.2) is 6.29 Å². The van der Waals surface area contributed by atoms with E-state index in [0.717, 1.165) is 0 Å². The number of hydrogen-bond donors (Lipinski definition) is 1. The Kier molecular flexibility index (Phi) is 3.55. The molecule has 1 N–H and O–H groups in total. The number of rotatable bonds is 4. The third kappa shape index (κ3) is 2.82. The molecule has 72 valence electrons. The second-order valence-corrected chi connectivity index (χ2v) is 2.62. The molecule has 0 aliphatic rings. The third-order valence-electron chi connectivity index (χ3n) is 1.60. The predicted octanol–water partition coefficient (Wildman–Crippen LogP) is 1.38. The SMILES string of the molecule is O=Cc1ccncc1C=CCC(=O)O. The summed E-state index contributed by atoms with van der Waals surface area (Å²) in [6.45, 7) is 0. The zero-order valence-corrected chi connectivity index (χ0v) is 7.38. The topological polar surface area (TPSA) is 67.3 Å². The largest absolute Gasteiger partial charge is 0.481 e. The number of nitrogens with zero attached hydrogens (tertiary/aromatic N) is 1. The highest BCUT2D eigenvalue weighted by atomic mass is 16.4. The van der Waals surface area contributed by atoms with Crippen molar-refractivity contribution < 1.29 is 14.7 Å². The smallest absolute Gasteiger partial charge is 0.307 e. The number of carbonyl (C=O) groups is 2. The van der Waals surface area contributed by atoms with E-state index in [1.807, 2.05) is 0 Å². The van der Waals surface area contributed by atoms with E-state index in [-0.39, 0.29) is 6.42 Å². The summed E-state index contributed by atoms with van der Waals surface area (Å²) >= 11 is 0. The first-order valence-electron chi connectivity index (χ1n) is 4.01. The number of carbonyl (C=O) groups excluding carboxylic acids is 1. The monoisotopic (exact) mass is 191 g/mol. The van der Waals surface area contributed by atoms with Gasteiger partial charge in [-0.2, -0.15) is 0 Å². The van der Waals surface area contributed by atoms with Gasteiger partial charge in [0.1, 0.15) is 0 Å². The van der Waals surface area contributed by atoms with Gasteiger partial charge in [0.25, 0.3) is 0 Å². The fourth-order valence-electron chi connectivity index (χ4n) is 0.951. The van der Waals surface area contributed by atoms with Crippen molar-refractivity contribution in [1.29, 1.82) is 0 Å². The zero-order valence-electron chi connectivity index (χ0n) is 7.38. The average molecular weight is 191 g/mol. The second-order valence-electron chi connectivity index (χ2n) is 2.62. The number of aromatic nitrogens is 1. The van der Waals surface area contributed by atoms with Crippen molar-refractivity contribution >= 4 is 18.3 Å². The quantitative estimate of drug-likeness (QED) is 0.730. The van der Waals surface area contributed by atoms with Gasteiger partial charge in [-0.15, -0.1) is 0 Å². The van der Waals surface area contributed by atoms with Crippen LogP contribution in [0.3, 0.4) is 0 Å². The van der Waals surface area contributed by atoms with Gasteiger partial charge in [0.2, 0.25) is 0 Å². The van der Waals surface area contributed by atoms with Crippen molar-refractivity contribution in [3.05, 3.63) is 35.7 Å². The lowest BCUT2D eigenvalue weighted by molar-refractivity contribution is -0.135. The molecule has 0 saturated carbocycles. The van der Waals surface area contributed by atoms with Crippen molar-refractivity contribution in [2.75, 3.05) is 0 Å². The summed E-state index contributed by atoms with van der Waals surface area (Å²) in [5.41, 5.74) is 1.13. The molecule has 1 heterocycles. The third-order valence-corrected chi connectivity index (χ3v) is 1.60. The van der Waals surface area contributed by atoms with Gasteiger partial charge in [0.05, 0.1) is 6.42 Å². The van der Waals surface area contributed by atoms with Crippen molar-refractivity contribution in [3.8, 4) is 0 Å². The zero-order chi connectivity index (χ0) is 10.4. The molecule has 1 aromatic heterocycles. The summed E-state index contributed by atoms with van der Waals surface area (Å²) in [7, 11) is 0. The van der Waals surface area contributed by atoms with Crippen molar-refractivity contribution in [2.24, 2.45) is 0 Å². The van der Waals surface area contributed by atoms with E-state index in [1.165, 1.54) is 18.5 Å². The van der Waals surface area contributed by atoms with Crippen LogP contribution in [0.2, 0.25) is 0 Å². The maximum atomic E-state index is 10.5. The Labute approximate surface area is 80.9 Å². The Morgan fingerprint density at radius 3 is 2.93 bits per heavy atom. The molecule has 0 fully saturated rings. The molecule has 4 heteroatoms. The molecule has 0 aliphatic heterocycles. The van der Waals surface area contributed by atoms with Crippen LogP contribution in [-0.2, 0) is 4.79 Å². The number of pyridine rings is 1. The average Bonchev–Trinajstić information content (AvgIpc) is 2.18. The van der Waals surface area contributed by atoms with Crippen molar-refractivity contribution in [2.45, 2.75) is 6.42 Å². The molecule has 0 saturated heterocycles. The first-order chi connectivity index (χ1) is 6.74. The number of aliphatic carboxylic acids is 1. The maximum Gasteiger partial charge on any atom is 0.307 e. The van der Waals surface area contributed by atoms with Crippen LogP contribution in [0, 0.1) is 0 Å². The molecule has 0 atom stereocenters. The summed E-state index contributed by atoms with van der Waals surface area (Å²) in [5, 5.41) is 8.38. The van der Waals surface area contributed by atoms with E-state index in [2.05, 4.69) is 4.98 Å². The Morgan fingerprint density at radius 1 is 1.50 bits per heavy atom. The minimum absolute atomic E-state index is 0.0623. The lowest BCUT2D eigenvalue weighted by Crippen LogP contribution is -1.91. The lowest BCUT2D eigenvalue weighted by Gasteiger charge is -1.95. The maximum absolute atomic E-state index is 10.5. The fraction of sp³-hybridized carbons (Fsp3) is 0.100. The molecule has 0 bridgehead atoms. The Hall–Kier alpha value is -1.97. The lowest BCUT2D eigenvalue weighted by atomic mass is 10.1. The van der Waals surface area contributed by atoms with E-state index in [0.29, 0.717) is 17.4 Å². The summed E-state index contributed by atoms with van der Waals surface area (Å²) in [5.74, 6) is -0.905. The molecule has 1 rings (SSSR count). The molecule has 14 heavy (non-hydrogen) atoms. The van der Waals surface area contributed by atoms with Crippen LogP contribution in [0.5, 0.6) is 0 Å². The van der Waals surface area contributed by atoms with Crippen LogP contribution < -0.4 is 0 Å². The molecule has 0 radical (unpaired) electrons. The van der Waals surface area contributed by atoms with E-state index >= 15 is 0 Å². The highest BCUT2D eigenvalue weighted by molar-refractivity contribution is 5.81. The molecule has 0 spiro atoms. The van der Waals surface area contributed by atoms with E-state index in [1.54, 1.807) is 12.1 Å². The van der Waals surface area contributed by atoms with E-state index < -0.39 is 5.97 Å². The van der Waals surface area contributed by atoms with Gasteiger partial charge in [-0.25, -0.2) is 0 Å². The van der Waals surface area contributed by atoms with Gasteiger partial charge in [-0.1, -0.05) is 12.2 Å². The standard InChI is InChI=1S/C10H9NO3/c12-7-9-4-5-11-6-8(9)2-1-3-10(13)14/h1-2,4-7H,3H2,(H,13,14). The van der Waals surface area contributed by atoms with Crippen LogP contribution in [0.25, 0.3) is 6.08 Å². The van der Waals surface area contributed by atoms with Gasteiger partial charge in [-0.05, 0) is 6.07 Å². The normalized spacial score (nSPS) is 10.3. The molecule has 0 aliphatic carbocycles. The second kappa shape index (κ2) is 4.91. The van der Waals surface area contributed by atoms with Crippen LogP contribution in [0.1, 0.15) is 22.3 Å². The molecule has 1 aromatic rings.